The van der Waals surface area contributed by atoms with Gasteiger partial charge >= 0.3 is 0 Å². The van der Waals surface area contributed by atoms with Crippen LogP contribution in [0.1, 0.15) is 5.56 Å². The van der Waals surface area contributed by atoms with E-state index < -0.39 is 10.0 Å². The van der Waals surface area contributed by atoms with E-state index in [2.05, 4.69) is 15.9 Å². The molecule has 0 radical (unpaired) electrons. The van der Waals surface area contributed by atoms with Crippen LogP contribution in [0.3, 0.4) is 0 Å². The lowest BCUT2D eigenvalue weighted by Gasteiger charge is -2.10. The first-order chi connectivity index (χ1) is 12.2. The van der Waals surface area contributed by atoms with E-state index in [1.165, 1.54) is 3.97 Å². The lowest BCUT2D eigenvalue weighted by molar-refractivity contribution is 0.414. The van der Waals surface area contributed by atoms with Gasteiger partial charge in [0.2, 0.25) is 0 Å². The fraction of sp³-hybridized carbons (Fsp3) is 0.222. The van der Waals surface area contributed by atoms with Crippen molar-refractivity contribution in [2.24, 2.45) is 0 Å². The van der Waals surface area contributed by atoms with Crippen LogP contribution in [-0.4, -0.2) is 37.9 Å². The van der Waals surface area contributed by atoms with Crippen LogP contribution in [0.25, 0.3) is 10.9 Å². The van der Waals surface area contributed by atoms with Gasteiger partial charge in [-0.25, -0.2) is 12.4 Å². The highest BCUT2D eigenvalue weighted by atomic mass is 79.9. The van der Waals surface area contributed by atoms with Crippen LogP contribution in [0.2, 0.25) is 10.0 Å². The first kappa shape index (κ1) is 19.7. The van der Waals surface area contributed by atoms with Gasteiger partial charge in [-0.3, -0.25) is 0 Å². The van der Waals surface area contributed by atoms with Gasteiger partial charge in [0.15, 0.2) is 0 Å². The third kappa shape index (κ3) is 3.53. The fourth-order valence-electron chi connectivity index (χ4n) is 2.78. The van der Waals surface area contributed by atoms with E-state index >= 15 is 0 Å². The Morgan fingerprint density at radius 1 is 1.12 bits per heavy atom. The second-order valence-corrected chi connectivity index (χ2v) is 9.62. The third-order valence-electron chi connectivity index (χ3n) is 4.11. The second-order valence-electron chi connectivity index (χ2n) is 6.20. The number of likely N-dealkylation sites (N-methyl/N-ethyl adjacent to an activating group) is 1. The zero-order valence-electron chi connectivity index (χ0n) is 14.2. The average Bonchev–Trinajstić information content (AvgIpc) is 2.96. The standard InChI is InChI=1S/C18H17BrCl2N2O2S/c1-22(2)10-9-12-11-23(18-13(12)7-8-15(20)17(18)21)26(24,25)16-6-4-3-5-14(16)19/h3-8,11H,9-10H2,1-2H3. The molecule has 0 saturated carbocycles. The Morgan fingerprint density at radius 3 is 2.46 bits per heavy atom. The molecular weight excluding hydrogens is 459 g/mol. The van der Waals surface area contributed by atoms with Gasteiger partial charge in [-0.2, -0.15) is 0 Å². The highest BCUT2D eigenvalue weighted by molar-refractivity contribution is 9.10. The smallest absolute Gasteiger partial charge is 0.269 e. The maximum Gasteiger partial charge on any atom is 0.269 e. The first-order valence-corrected chi connectivity index (χ1v) is 10.8. The Hall–Kier alpha value is -1.05. The van der Waals surface area contributed by atoms with Crippen molar-refractivity contribution in [3.8, 4) is 0 Å². The number of fused-ring (bicyclic) bond motifs is 1. The SMILES string of the molecule is CN(C)CCc1cn(S(=O)(=O)c2ccccc2Br)c2c(Cl)c(Cl)ccc12. The summed E-state index contributed by atoms with van der Waals surface area (Å²) in [6.07, 6.45) is 2.34. The molecule has 0 fully saturated rings. The Kier molecular flexibility index (Phi) is 5.70. The molecule has 1 heterocycles. The van der Waals surface area contributed by atoms with Gasteiger partial charge in [0.1, 0.15) is 4.90 Å². The molecule has 0 aliphatic rings. The number of nitrogens with zero attached hydrogens (tertiary/aromatic N) is 2. The van der Waals surface area contributed by atoms with Crippen molar-refractivity contribution in [1.82, 2.24) is 8.87 Å². The maximum atomic E-state index is 13.3. The van der Waals surface area contributed by atoms with Crippen LogP contribution < -0.4 is 0 Å². The van der Waals surface area contributed by atoms with Gasteiger partial charge < -0.3 is 4.90 Å². The van der Waals surface area contributed by atoms with E-state index in [-0.39, 0.29) is 9.92 Å². The molecule has 0 aliphatic heterocycles. The van der Waals surface area contributed by atoms with Gasteiger partial charge in [0.25, 0.3) is 10.0 Å². The summed E-state index contributed by atoms with van der Waals surface area (Å²) in [6, 6.07) is 10.2. The third-order valence-corrected chi connectivity index (χ3v) is 7.58. The van der Waals surface area contributed by atoms with E-state index in [0.717, 1.165) is 17.5 Å². The van der Waals surface area contributed by atoms with Crippen molar-refractivity contribution in [1.29, 1.82) is 0 Å². The van der Waals surface area contributed by atoms with E-state index in [4.69, 9.17) is 23.2 Å². The fourth-order valence-corrected chi connectivity index (χ4v) is 5.61. The molecule has 2 aromatic carbocycles. The van der Waals surface area contributed by atoms with Crippen LogP contribution in [0.5, 0.6) is 0 Å². The van der Waals surface area contributed by atoms with Crippen molar-refractivity contribution >= 4 is 60.1 Å². The molecule has 0 bridgehead atoms. The molecule has 0 N–H and O–H groups in total. The minimum absolute atomic E-state index is 0.173. The predicted octanol–water partition coefficient (Wildman–Crippen LogP) is 5.05. The minimum Gasteiger partial charge on any atom is -0.309 e. The molecule has 0 amide bonds. The van der Waals surface area contributed by atoms with Crippen molar-refractivity contribution in [2.75, 3.05) is 20.6 Å². The zero-order chi connectivity index (χ0) is 19.1. The number of rotatable bonds is 5. The van der Waals surface area contributed by atoms with Crippen LogP contribution >= 0.6 is 39.1 Å². The number of halogens is 3. The maximum absolute atomic E-state index is 13.3. The van der Waals surface area contributed by atoms with Crippen LogP contribution in [-0.2, 0) is 16.4 Å². The van der Waals surface area contributed by atoms with Crippen LogP contribution in [0.15, 0.2) is 52.0 Å². The quantitative estimate of drug-likeness (QED) is 0.518. The predicted molar refractivity (Wildman–Crippen MR) is 111 cm³/mol. The topological polar surface area (TPSA) is 42.3 Å². The zero-order valence-corrected chi connectivity index (χ0v) is 18.1. The van der Waals surface area contributed by atoms with Crippen molar-refractivity contribution in [3.05, 3.63) is 62.7 Å². The molecular formula is C18H17BrCl2N2O2S. The van der Waals surface area contributed by atoms with Gasteiger partial charge in [-0.05, 0) is 60.2 Å². The summed E-state index contributed by atoms with van der Waals surface area (Å²) in [5.74, 6) is 0. The summed E-state index contributed by atoms with van der Waals surface area (Å²) in [6.45, 7) is 0.786. The molecule has 3 rings (SSSR count). The van der Waals surface area contributed by atoms with Crippen molar-refractivity contribution in [3.63, 3.8) is 0 Å². The highest BCUT2D eigenvalue weighted by Crippen LogP contribution is 2.36. The number of benzene rings is 2. The molecule has 0 unspecified atom stereocenters. The number of aromatic nitrogens is 1. The highest BCUT2D eigenvalue weighted by Gasteiger charge is 2.25. The Balaban J connectivity index is 2.29. The van der Waals surface area contributed by atoms with Gasteiger partial charge in [0.05, 0.1) is 15.6 Å². The summed E-state index contributed by atoms with van der Waals surface area (Å²) in [5.41, 5.74) is 1.31. The number of hydrogen-bond donors (Lipinski definition) is 0. The molecule has 8 heteroatoms. The Morgan fingerprint density at radius 2 is 1.81 bits per heavy atom. The molecule has 4 nitrogen and oxygen atoms in total. The van der Waals surface area contributed by atoms with Gasteiger partial charge in [-0.15, -0.1) is 0 Å². The largest absolute Gasteiger partial charge is 0.309 e. The molecule has 0 saturated heterocycles. The lowest BCUT2D eigenvalue weighted by atomic mass is 10.1. The Bertz CT molecular complexity index is 1080. The van der Waals surface area contributed by atoms with E-state index in [1.54, 1.807) is 36.5 Å². The lowest BCUT2D eigenvalue weighted by Crippen LogP contribution is -2.15. The Labute approximate surface area is 171 Å². The van der Waals surface area contributed by atoms with Gasteiger partial charge in [0, 0.05) is 22.6 Å². The average molecular weight is 476 g/mol. The molecule has 138 valence electrons. The number of hydrogen-bond acceptors (Lipinski definition) is 3. The molecule has 1 aromatic heterocycles. The van der Waals surface area contributed by atoms with Crippen molar-refractivity contribution in [2.45, 2.75) is 11.3 Å². The van der Waals surface area contributed by atoms with Gasteiger partial charge in [-0.1, -0.05) is 41.4 Å². The monoisotopic (exact) mass is 474 g/mol. The summed E-state index contributed by atoms with van der Waals surface area (Å²) >= 11 is 15.9. The van der Waals surface area contributed by atoms with E-state index in [1.807, 2.05) is 25.1 Å². The van der Waals surface area contributed by atoms with Crippen LogP contribution in [0, 0.1) is 0 Å². The molecule has 0 aliphatic carbocycles. The summed E-state index contributed by atoms with van der Waals surface area (Å²) in [5, 5.41) is 1.34. The van der Waals surface area contributed by atoms with E-state index in [9.17, 15) is 8.42 Å². The summed E-state index contributed by atoms with van der Waals surface area (Å²) < 4.78 is 28.3. The normalized spacial score (nSPS) is 12.2. The molecule has 26 heavy (non-hydrogen) atoms. The molecule has 0 spiro atoms. The molecule has 0 atom stereocenters. The van der Waals surface area contributed by atoms with Crippen molar-refractivity contribution < 1.29 is 8.42 Å². The second kappa shape index (κ2) is 7.52. The first-order valence-electron chi connectivity index (χ1n) is 7.86. The molecule has 3 aromatic rings. The minimum atomic E-state index is -3.84. The summed E-state index contributed by atoms with van der Waals surface area (Å²) in [4.78, 5) is 2.22. The van der Waals surface area contributed by atoms with E-state index in [0.29, 0.717) is 21.4 Å². The summed E-state index contributed by atoms with van der Waals surface area (Å²) in [7, 11) is 0.106. The van der Waals surface area contributed by atoms with Crippen LogP contribution in [0.4, 0.5) is 0 Å².